The third-order valence-electron chi connectivity index (χ3n) is 4.69. The van der Waals surface area contributed by atoms with Crippen molar-refractivity contribution in [1.82, 2.24) is 15.5 Å². The van der Waals surface area contributed by atoms with E-state index in [1.165, 1.54) is 16.7 Å². The number of aromatic nitrogens is 2. The van der Waals surface area contributed by atoms with E-state index in [4.69, 9.17) is 16.1 Å². The summed E-state index contributed by atoms with van der Waals surface area (Å²) in [5.74, 6) is 1.21. The maximum Gasteiger partial charge on any atom is 0.257 e. The Labute approximate surface area is 171 Å². The second-order valence-corrected chi connectivity index (χ2v) is 7.28. The van der Waals surface area contributed by atoms with Crippen molar-refractivity contribution in [1.29, 1.82) is 0 Å². The molecule has 0 bridgehead atoms. The van der Waals surface area contributed by atoms with Gasteiger partial charge in [0.05, 0.1) is 6.04 Å². The van der Waals surface area contributed by atoms with Crippen LogP contribution in [0.2, 0.25) is 5.02 Å². The van der Waals surface area contributed by atoms with Gasteiger partial charge in [-0.2, -0.15) is 4.98 Å². The maximum absolute atomic E-state index is 6.21. The number of allylic oxidation sites excluding steroid dienone is 1. The molecule has 0 fully saturated rings. The summed E-state index contributed by atoms with van der Waals surface area (Å²) in [6, 6.07) is 15.9. The molecule has 0 amide bonds. The lowest BCUT2D eigenvalue weighted by atomic mass is 9.97. The standard InChI is InChI=1S/C23H26ClN3O/c1-4-8-18(21-15-20(24)12-11-16(21)2)13-14-25-17(3)22-26-23(28-27-22)19-9-6-5-7-10-19/h5-12,15,17,25H,4,13-14H2,1-3H3. The molecule has 1 atom stereocenters. The van der Waals surface area contributed by atoms with E-state index in [9.17, 15) is 0 Å². The van der Waals surface area contributed by atoms with Crippen LogP contribution in [-0.2, 0) is 0 Å². The molecule has 4 nitrogen and oxygen atoms in total. The third-order valence-corrected chi connectivity index (χ3v) is 4.93. The first kappa shape index (κ1) is 20.3. The molecule has 1 heterocycles. The first-order chi connectivity index (χ1) is 13.6. The fourth-order valence-corrected chi connectivity index (χ4v) is 3.33. The van der Waals surface area contributed by atoms with E-state index >= 15 is 0 Å². The van der Waals surface area contributed by atoms with Crippen molar-refractivity contribution in [2.75, 3.05) is 6.54 Å². The third kappa shape index (κ3) is 5.09. The van der Waals surface area contributed by atoms with Crippen molar-refractivity contribution in [2.24, 2.45) is 0 Å². The lowest BCUT2D eigenvalue weighted by molar-refractivity contribution is 0.410. The van der Waals surface area contributed by atoms with Gasteiger partial charge in [0.1, 0.15) is 0 Å². The first-order valence-electron chi connectivity index (χ1n) is 9.66. The van der Waals surface area contributed by atoms with Crippen molar-refractivity contribution < 1.29 is 4.52 Å². The Kier molecular flexibility index (Phi) is 7.01. The van der Waals surface area contributed by atoms with Crippen molar-refractivity contribution >= 4 is 17.2 Å². The summed E-state index contributed by atoms with van der Waals surface area (Å²) in [4.78, 5) is 4.53. The molecule has 5 heteroatoms. The number of rotatable bonds is 8. The van der Waals surface area contributed by atoms with Gasteiger partial charge in [-0.3, -0.25) is 0 Å². The smallest absolute Gasteiger partial charge is 0.257 e. The molecule has 0 aliphatic heterocycles. The Morgan fingerprint density at radius 2 is 2.00 bits per heavy atom. The minimum Gasteiger partial charge on any atom is -0.334 e. The summed E-state index contributed by atoms with van der Waals surface area (Å²) < 4.78 is 5.41. The number of hydrogen-bond acceptors (Lipinski definition) is 4. The molecular weight excluding hydrogens is 370 g/mol. The predicted molar refractivity (Wildman–Crippen MR) is 115 cm³/mol. The lowest BCUT2D eigenvalue weighted by Crippen LogP contribution is -2.21. The zero-order valence-electron chi connectivity index (χ0n) is 16.6. The summed E-state index contributed by atoms with van der Waals surface area (Å²) in [5, 5.41) is 8.40. The minimum absolute atomic E-state index is 0.00421. The van der Waals surface area contributed by atoms with Crippen molar-refractivity contribution in [3.63, 3.8) is 0 Å². The Balaban J connectivity index is 1.62. The fourth-order valence-electron chi connectivity index (χ4n) is 3.16. The molecule has 0 saturated heterocycles. The number of aryl methyl sites for hydroxylation is 1. The van der Waals surface area contributed by atoms with Gasteiger partial charge in [-0.05, 0) is 74.2 Å². The number of hydrogen-bond donors (Lipinski definition) is 1. The average Bonchev–Trinajstić information content (AvgIpc) is 3.20. The van der Waals surface area contributed by atoms with Gasteiger partial charge >= 0.3 is 0 Å². The predicted octanol–water partition coefficient (Wildman–Crippen LogP) is 6.23. The molecule has 0 spiro atoms. The van der Waals surface area contributed by atoms with Crippen LogP contribution in [0.4, 0.5) is 0 Å². The first-order valence-corrected chi connectivity index (χ1v) is 10.0. The van der Waals surface area contributed by atoms with Crippen LogP contribution in [0.25, 0.3) is 17.0 Å². The average molecular weight is 396 g/mol. The van der Waals surface area contributed by atoms with Crippen LogP contribution in [0.1, 0.15) is 49.7 Å². The molecule has 0 radical (unpaired) electrons. The molecule has 1 N–H and O–H groups in total. The zero-order valence-corrected chi connectivity index (χ0v) is 17.3. The quantitative estimate of drug-likeness (QED) is 0.491. The molecule has 3 rings (SSSR count). The van der Waals surface area contributed by atoms with Crippen molar-refractivity contribution in [3.05, 3.63) is 76.6 Å². The molecule has 0 saturated carbocycles. The van der Waals surface area contributed by atoms with E-state index in [1.807, 2.05) is 49.4 Å². The molecular formula is C23H26ClN3O. The summed E-state index contributed by atoms with van der Waals surface area (Å²) in [6.45, 7) is 7.14. The van der Waals surface area contributed by atoms with Crippen LogP contribution >= 0.6 is 11.6 Å². The van der Waals surface area contributed by atoms with Gasteiger partial charge in [-0.15, -0.1) is 0 Å². The van der Waals surface area contributed by atoms with Crippen molar-refractivity contribution in [3.8, 4) is 11.5 Å². The number of benzene rings is 2. The van der Waals surface area contributed by atoms with E-state index in [1.54, 1.807) is 0 Å². The van der Waals surface area contributed by atoms with Gasteiger partial charge in [0.2, 0.25) is 0 Å². The largest absolute Gasteiger partial charge is 0.334 e. The lowest BCUT2D eigenvalue weighted by Gasteiger charge is -2.14. The molecule has 146 valence electrons. The zero-order chi connectivity index (χ0) is 19.9. The van der Waals surface area contributed by atoms with Crippen molar-refractivity contribution in [2.45, 2.75) is 39.7 Å². The summed E-state index contributed by atoms with van der Waals surface area (Å²) in [6.07, 6.45) is 4.16. The Morgan fingerprint density at radius 1 is 1.21 bits per heavy atom. The highest BCUT2D eigenvalue weighted by Gasteiger charge is 2.15. The van der Waals surface area contributed by atoms with Crippen LogP contribution in [0.3, 0.4) is 0 Å². The van der Waals surface area contributed by atoms with E-state index in [0.717, 1.165) is 30.0 Å². The summed E-state index contributed by atoms with van der Waals surface area (Å²) in [5.41, 5.74) is 4.69. The van der Waals surface area contributed by atoms with Crippen LogP contribution in [0.5, 0.6) is 0 Å². The minimum atomic E-state index is 0.00421. The molecule has 28 heavy (non-hydrogen) atoms. The maximum atomic E-state index is 6.21. The van der Waals surface area contributed by atoms with E-state index < -0.39 is 0 Å². The Hall–Kier alpha value is -2.43. The molecule has 3 aromatic rings. The number of halogens is 1. The molecule has 1 aromatic heterocycles. The molecule has 1 unspecified atom stereocenters. The monoisotopic (exact) mass is 395 g/mol. The highest BCUT2D eigenvalue weighted by molar-refractivity contribution is 6.30. The van der Waals surface area contributed by atoms with Crippen LogP contribution in [0.15, 0.2) is 59.1 Å². The van der Waals surface area contributed by atoms with Gasteiger partial charge in [0.25, 0.3) is 5.89 Å². The molecule has 0 aliphatic carbocycles. The van der Waals surface area contributed by atoms with Crippen LogP contribution in [0, 0.1) is 6.92 Å². The molecule has 0 aliphatic rings. The van der Waals surface area contributed by atoms with Crippen LogP contribution < -0.4 is 5.32 Å². The Bertz CT molecular complexity index is 934. The fraction of sp³-hybridized carbons (Fsp3) is 0.304. The SMILES string of the molecule is CCC=C(CCNC(C)c1noc(-c2ccccc2)n1)c1cc(Cl)ccc1C. The van der Waals surface area contributed by atoms with Gasteiger partial charge < -0.3 is 9.84 Å². The van der Waals surface area contributed by atoms with Crippen LogP contribution in [-0.4, -0.2) is 16.7 Å². The highest BCUT2D eigenvalue weighted by atomic mass is 35.5. The van der Waals surface area contributed by atoms with Gasteiger partial charge in [-0.25, -0.2) is 0 Å². The Morgan fingerprint density at radius 3 is 2.75 bits per heavy atom. The van der Waals surface area contributed by atoms with E-state index in [-0.39, 0.29) is 6.04 Å². The summed E-state index contributed by atoms with van der Waals surface area (Å²) in [7, 11) is 0. The van der Waals surface area contributed by atoms with E-state index in [2.05, 4.69) is 41.4 Å². The van der Waals surface area contributed by atoms with Gasteiger partial charge in [-0.1, -0.05) is 54.0 Å². The second-order valence-electron chi connectivity index (χ2n) is 6.85. The number of nitrogens with zero attached hydrogens (tertiary/aromatic N) is 2. The van der Waals surface area contributed by atoms with Gasteiger partial charge in [0.15, 0.2) is 5.82 Å². The molecule has 2 aromatic carbocycles. The number of nitrogens with one attached hydrogen (secondary N) is 1. The topological polar surface area (TPSA) is 51.0 Å². The summed E-state index contributed by atoms with van der Waals surface area (Å²) >= 11 is 6.21. The van der Waals surface area contributed by atoms with Gasteiger partial charge in [0, 0.05) is 10.6 Å². The normalized spacial score (nSPS) is 12.9. The second kappa shape index (κ2) is 9.67. The van der Waals surface area contributed by atoms with E-state index in [0.29, 0.717) is 11.7 Å². The highest BCUT2D eigenvalue weighted by Crippen LogP contribution is 2.26.